The van der Waals surface area contributed by atoms with Crippen molar-refractivity contribution in [1.29, 1.82) is 0 Å². The molecule has 0 aromatic heterocycles. The second-order valence-electron chi connectivity index (χ2n) is 5.15. The summed E-state index contributed by atoms with van der Waals surface area (Å²) in [4.78, 5) is 0. The molecule has 3 N–H and O–H groups in total. The van der Waals surface area contributed by atoms with Gasteiger partial charge in [-0.1, -0.05) is 43.2 Å². The molecule has 1 aliphatic carbocycles. The van der Waals surface area contributed by atoms with Gasteiger partial charge in [-0.15, -0.1) is 0 Å². The third kappa shape index (κ3) is 2.83. The highest BCUT2D eigenvalue weighted by molar-refractivity contribution is 5.23. The minimum atomic E-state index is -0.260. The summed E-state index contributed by atoms with van der Waals surface area (Å²) in [5, 5.41) is 3.60. The average Bonchev–Trinajstić information content (AvgIpc) is 2.81. The SMILES string of the molecule is CC(N)(CNC1CCCC1)c1ccccc1. The van der Waals surface area contributed by atoms with Gasteiger partial charge in [0, 0.05) is 12.6 Å². The average molecular weight is 218 g/mol. The van der Waals surface area contributed by atoms with Crippen molar-refractivity contribution in [1.82, 2.24) is 5.32 Å². The molecule has 0 radical (unpaired) electrons. The van der Waals surface area contributed by atoms with Crippen molar-refractivity contribution in [3.8, 4) is 0 Å². The lowest BCUT2D eigenvalue weighted by atomic mass is 9.93. The molecule has 0 amide bonds. The maximum absolute atomic E-state index is 6.35. The Hall–Kier alpha value is -0.860. The van der Waals surface area contributed by atoms with Gasteiger partial charge in [0.2, 0.25) is 0 Å². The molecular formula is C14H22N2. The van der Waals surface area contributed by atoms with Crippen molar-refractivity contribution in [3.63, 3.8) is 0 Å². The van der Waals surface area contributed by atoms with E-state index >= 15 is 0 Å². The highest BCUT2D eigenvalue weighted by Crippen LogP contribution is 2.20. The van der Waals surface area contributed by atoms with Crippen LogP contribution in [-0.2, 0) is 5.54 Å². The molecule has 1 fully saturated rings. The Morgan fingerprint density at radius 1 is 1.25 bits per heavy atom. The predicted molar refractivity (Wildman–Crippen MR) is 68.2 cm³/mol. The lowest BCUT2D eigenvalue weighted by Gasteiger charge is -2.27. The molecule has 0 spiro atoms. The fraction of sp³-hybridized carbons (Fsp3) is 0.571. The number of benzene rings is 1. The molecule has 1 aliphatic rings. The van der Waals surface area contributed by atoms with E-state index in [9.17, 15) is 0 Å². The van der Waals surface area contributed by atoms with E-state index in [0.29, 0.717) is 6.04 Å². The van der Waals surface area contributed by atoms with Gasteiger partial charge in [0.25, 0.3) is 0 Å². The van der Waals surface area contributed by atoms with Crippen LogP contribution in [0.5, 0.6) is 0 Å². The summed E-state index contributed by atoms with van der Waals surface area (Å²) in [6.07, 6.45) is 5.35. The summed E-state index contributed by atoms with van der Waals surface area (Å²) in [6, 6.07) is 11.0. The zero-order valence-corrected chi connectivity index (χ0v) is 10.1. The minimum Gasteiger partial charge on any atom is -0.321 e. The van der Waals surface area contributed by atoms with Crippen LogP contribution in [0.3, 0.4) is 0 Å². The molecule has 0 saturated heterocycles. The molecule has 1 saturated carbocycles. The Morgan fingerprint density at radius 3 is 2.50 bits per heavy atom. The molecule has 0 heterocycles. The first-order valence-corrected chi connectivity index (χ1v) is 6.26. The summed E-state index contributed by atoms with van der Waals surface area (Å²) in [6.45, 7) is 2.96. The van der Waals surface area contributed by atoms with Gasteiger partial charge in [-0.3, -0.25) is 0 Å². The van der Waals surface area contributed by atoms with Crippen molar-refractivity contribution in [2.24, 2.45) is 5.73 Å². The van der Waals surface area contributed by atoms with Gasteiger partial charge in [-0.25, -0.2) is 0 Å². The first kappa shape index (κ1) is 11.6. The maximum atomic E-state index is 6.35. The molecule has 1 aromatic carbocycles. The van der Waals surface area contributed by atoms with Gasteiger partial charge < -0.3 is 11.1 Å². The van der Waals surface area contributed by atoms with Gasteiger partial charge in [-0.05, 0) is 25.3 Å². The zero-order valence-electron chi connectivity index (χ0n) is 10.1. The highest BCUT2D eigenvalue weighted by atomic mass is 15.0. The zero-order chi connectivity index (χ0) is 11.4. The van der Waals surface area contributed by atoms with Crippen LogP contribution in [0, 0.1) is 0 Å². The quantitative estimate of drug-likeness (QED) is 0.814. The molecule has 0 aliphatic heterocycles. The van der Waals surface area contributed by atoms with E-state index in [2.05, 4.69) is 36.5 Å². The van der Waals surface area contributed by atoms with E-state index in [1.807, 2.05) is 6.07 Å². The number of rotatable bonds is 4. The summed E-state index contributed by atoms with van der Waals surface area (Å²) >= 11 is 0. The van der Waals surface area contributed by atoms with Crippen LogP contribution in [0.1, 0.15) is 38.2 Å². The number of hydrogen-bond acceptors (Lipinski definition) is 2. The topological polar surface area (TPSA) is 38.0 Å². The van der Waals surface area contributed by atoms with Crippen molar-refractivity contribution >= 4 is 0 Å². The van der Waals surface area contributed by atoms with Crippen molar-refractivity contribution < 1.29 is 0 Å². The Kier molecular flexibility index (Phi) is 3.62. The van der Waals surface area contributed by atoms with Crippen LogP contribution in [0.4, 0.5) is 0 Å². The molecule has 88 valence electrons. The fourth-order valence-corrected chi connectivity index (χ4v) is 2.41. The predicted octanol–water partition coefficient (Wildman–Crippen LogP) is 2.39. The van der Waals surface area contributed by atoms with Gasteiger partial charge in [-0.2, -0.15) is 0 Å². The largest absolute Gasteiger partial charge is 0.321 e. The van der Waals surface area contributed by atoms with E-state index in [-0.39, 0.29) is 5.54 Å². The molecule has 2 rings (SSSR count). The highest BCUT2D eigenvalue weighted by Gasteiger charge is 2.23. The molecule has 1 atom stereocenters. The summed E-state index contributed by atoms with van der Waals surface area (Å²) in [5.41, 5.74) is 7.30. The lowest BCUT2D eigenvalue weighted by Crippen LogP contribution is -2.45. The Bertz CT molecular complexity index is 313. The fourth-order valence-electron chi connectivity index (χ4n) is 2.41. The standard InChI is InChI=1S/C14H22N2/c1-14(15,12-7-3-2-4-8-12)11-16-13-9-5-6-10-13/h2-4,7-8,13,16H,5-6,9-11,15H2,1H3. The Morgan fingerprint density at radius 2 is 1.88 bits per heavy atom. The number of nitrogens with one attached hydrogen (secondary N) is 1. The van der Waals surface area contributed by atoms with Crippen LogP contribution in [0.2, 0.25) is 0 Å². The second-order valence-corrected chi connectivity index (χ2v) is 5.15. The van der Waals surface area contributed by atoms with Gasteiger partial charge >= 0.3 is 0 Å². The summed E-state index contributed by atoms with van der Waals surface area (Å²) < 4.78 is 0. The molecule has 1 unspecified atom stereocenters. The normalized spacial score (nSPS) is 20.9. The van der Waals surface area contributed by atoms with Gasteiger partial charge in [0.1, 0.15) is 0 Å². The first-order valence-electron chi connectivity index (χ1n) is 6.26. The smallest absolute Gasteiger partial charge is 0.0507 e. The second kappa shape index (κ2) is 4.98. The van der Waals surface area contributed by atoms with Crippen molar-refractivity contribution in [2.45, 2.75) is 44.2 Å². The van der Waals surface area contributed by atoms with Crippen LogP contribution in [0.25, 0.3) is 0 Å². The monoisotopic (exact) mass is 218 g/mol. The van der Waals surface area contributed by atoms with Crippen molar-refractivity contribution in [3.05, 3.63) is 35.9 Å². The van der Waals surface area contributed by atoms with Crippen LogP contribution < -0.4 is 11.1 Å². The van der Waals surface area contributed by atoms with E-state index < -0.39 is 0 Å². The Labute approximate surface area is 98.2 Å². The molecular weight excluding hydrogens is 196 g/mol. The summed E-state index contributed by atoms with van der Waals surface area (Å²) in [7, 11) is 0. The van der Waals surface area contributed by atoms with Crippen LogP contribution in [0.15, 0.2) is 30.3 Å². The molecule has 16 heavy (non-hydrogen) atoms. The van der Waals surface area contributed by atoms with Crippen LogP contribution in [-0.4, -0.2) is 12.6 Å². The third-order valence-electron chi connectivity index (χ3n) is 3.55. The molecule has 0 bridgehead atoms. The first-order chi connectivity index (χ1) is 7.68. The van der Waals surface area contributed by atoms with E-state index in [0.717, 1.165) is 6.54 Å². The lowest BCUT2D eigenvalue weighted by molar-refractivity contribution is 0.403. The van der Waals surface area contributed by atoms with E-state index in [1.54, 1.807) is 0 Å². The van der Waals surface area contributed by atoms with Gasteiger partial charge in [0.15, 0.2) is 0 Å². The van der Waals surface area contributed by atoms with Crippen molar-refractivity contribution in [2.75, 3.05) is 6.54 Å². The van der Waals surface area contributed by atoms with E-state index in [1.165, 1.54) is 31.2 Å². The molecule has 2 heteroatoms. The maximum Gasteiger partial charge on any atom is 0.0507 e. The number of nitrogens with two attached hydrogens (primary N) is 1. The third-order valence-corrected chi connectivity index (χ3v) is 3.55. The van der Waals surface area contributed by atoms with Crippen LogP contribution >= 0.6 is 0 Å². The van der Waals surface area contributed by atoms with E-state index in [4.69, 9.17) is 5.73 Å². The Balaban J connectivity index is 1.92. The van der Waals surface area contributed by atoms with Gasteiger partial charge in [0.05, 0.1) is 5.54 Å². The minimum absolute atomic E-state index is 0.260. The summed E-state index contributed by atoms with van der Waals surface area (Å²) in [5.74, 6) is 0. The number of hydrogen-bond donors (Lipinski definition) is 2. The molecule has 2 nitrogen and oxygen atoms in total. The molecule has 1 aromatic rings.